The van der Waals surface area contributed by atoms with E-state index in [9.17, 15) is 22.0 Å². The summed E-state index contributed by atoms with van der Waals surface area (Å²) in [6, 6.07) is 5.59. The predicted molar refractivity (Wildman–Crippen MR) is 111 cm³/mol. The van der Waals surface area contributed by atoms with Gasteiger partial charge >= 0.3 is 6.61 Å². The molecule has 2 nitrogen and oxygen atoms in total. The summed E-state index contributed by atoms with van der Waals surface area (Å²) in [5, 5.41) is 0. The van der Waals surface area contributed by atoms with E-state index in [0.29, 0.717) is 23.5 Å². The minimum atomic E-state index is -3.19. The second-order valence-corrected chi connectivity index (χ2v) is 8.80. The molecule has 174 valence electrons. The monoisotopic (exact) mass is 454 g/mol. The first kappa shape index (κ1) is 23.0. The number of alkyl halides is 2. The highest BCUT2D eigenvalue weighted by atomic mass is 19.3. The highest BCUT2D eigenvalue weighted by Crippen LogP contribution is 2.47. The zero-order chi connectivity index (χ0) is 22.8. The van der Waals surface area contributed by atoms with E-state index in [1.807, 2.05) is 6.92 Å². The van der Waals surface area contributed by atoms with Gasteiger partial charge in [-0.3, -0.25) is 0 Å². The fourth-order valence-corrected chi connectivity index (χ4v) is 5.49. The lowest BCUT2D eigenvalue weighted by Gasteiger charge is -2.42. The van der Waals surface area contributed by atoms with Gasteiger partial charge in [0.05, 0.1) is 11.7 Å². The quantitative estimate of drug-likeness (QED) is 0.422. The van der Waals surface area contributed by atoms with Gasteiger partial charge < -0.3 is 9.47 Å². The topological polar surface area (TPSA) is 18.5 Å². The van der Waals surface area contributed by atoms with Crippen LogP contribution in [0.5, 0.6) is 5.75 Å². The van der Waals surface area contributed by atoms with Crippen LogP contribution in [0.25, 0.3) is 11.1 Å². The molecular formula is C25H27F5O2. The van der Waals surface area contributed by atoms with Crippen LogP contribution in [-0.4, -0.2) is 19.3 Å². The first-order valence-electron chi connectivity index (χ1n) is 11.2. The van der Waals surface area contributed by atoms with Gasteiger partial charge in [0.2, 0.25) is 0 Å². The summed E-state index contributed by atoms with van der Waals surface area (Å²) in [5.41, 5.74) is 0.179. The molecule has 4 atom stereocenters. The molecule has 4 rings (SSSR count). The van der Waals surface area contributed by atoms with E-state index in [2.05, 4.69) is 4.74 Å². The molecule has 0 amide bonds. The fourth-order valence-electron chi connectivity index (χ4n) is 5.49. The Morgan fingerprint density at radius 1 is 0.875 bits per heavy atom. The zero-order valence-corrected chi connectivity index (χ0v) is 17.9. The maximum Gasteiger partial charge on any atom is 0.387 e. The van der Waals surface area contributed by atoms with E-state index in [0.717, 1.165) is 57.3 Å². The second-order valence-electron chi connectivity index (χ2n) is 8.80. The van der Waals surface area contributed by atoms with E-state index in [1.165, 1.54) is 18.2 Å². The molecule has 2 aromatic carbocycles. The summed E-state index contributed by atoms with van der Waals surface area (Å²) in [7, 11) is 0. The molecule has 0 N–H and O–H groups in total. The lowest BCUT2D eigenvalue weighted by atomic mass is 9.65. The van der Waals surface area contributed by atoms with Gasteiger partial charge in [0, 0.05) is 6.61 Å². The van der Waals surface area contributed by atoms with Gasteiger partial charge in [-0.15, -0.1) is 0 Å². The van der Waals surface area contributed by atoms with Gasteiger partial charge in [0.1, 0.15) is 11.6 Å². The molecule has 0 radical (unpaired) electrons. The molecule has 0 spiro atoms. The van der Waals surface area contributed by atoms with Crippen LogP contribution in [0.2, 0.25) is 0 Å². The third kappa shape index (κ3) is 4.92. The van der Waals surface area contributed by atoms with Gasteiger partial charge in [-0.25, -0.2) is 13.2 Å². The number of hydrogen-bond acceptors (Lipinski definition) is 2. The van der Waals surface area contributed by atoms with Crippen LogP contribution < -0.4 is 4.74 Å². The van der Waals surface area contributed by atoms with Crippen LogP contribution in [0, 0.1) is 29.3 Å². The Bertz CT molecular complexity index is 925. The Labute approximate surface area is 184 Å². The van der Waals surface area contributed by atoms with Crippen molar-refractivity contribution >= 4 is 0 Å². The minimum Gasteiger partial charge on any atom is -0.432 e. The molecule has 0 aromatic heterocycles. The third-order valence-corrected chi connectivity index (χ3v) is 6.94. The second kappa shape index (κ2) is 9.77. The van der Waals surface area contributed by atoms with Crippen LogP contribution in [0.15, 0.2) is 30.3 Å². The molecule has 0 saturated heterocycles. The van der Waals surface area contributed by atoms with Crippen molar-refractivity contribution in [2.24, 2.45) is 11.8 Å². The fraction of sp³-hybridized carbons (Fsp3) is 0.520. The number of fused-ring (bicyclic) bond motifs is 1. The Morgan fingerprint density at radius 3 is 2.22 bits per heavy atom. The van der Waals surface area contributed by atoms with Crippen molar-refractivity contribution in [2.75, 3.05) is 6.61 Å². The van der Waals surface area contributed by atoms with Crippen molar-refractivity contribution in [3.8, 4) is 16.9 Å². The standard InChI is InChI=1S/C25H27F5O2/c1-2-31-19-7-5-14-9-15(3-4-16(14)10-19)18-12-21(27)24(22(28)13-18)17-6-8-23(20(26)11-17)32-25(29)30/h6,8,11-16,19,25H,2-5,7,9-10H2,1H3. The predicted octanol–water partition coefficient (Wildman–Crippen LogP) is 7.46. The van der Waals surface area contributed by atoms with E-state index < -0.39 is 29.8 Å². The zero-order valence-electron chi connectivity index (χ0n) is 17.9. The number of halogens is 5. The van der Waals surface area contributed by atoms with Crippen LogP contribution in [0.3, 0.4) is 0 Å². The maximum atomic E-state index is 14.9. The van der Waals surface area contributed by atoms with Gasteiger partial charge in [0.25, 0.3) is 0 Å². The van der Waals surface area contributed by atoms with Gasteiger partial charge in [0.15, 0.2) is 11.6 Å². The summed E-state index contributed by atoms with van der Waals surface area (Å²) >= 11 is 0. The van der Waals surface area contributed by atoms with Crippen LogP contribution >= 0.6 is 0 Å². The van der Waals surface area contributed by atoms with Crippen molar-refractivity contribution in [1.82, 2.24) is 0 Å². The Kier molecular flexibility index (Phi) is 7.03. The van der Waals surface area contributed by atoms with E-state index >= 15 is 0 Å². The molecule has 0 aliphatic heterocycles. The van der Waals surface area contributed by atoms with Crippen molar-refractivity contribution in [2.45, 2.75) is 64.1 Å². The average Bonchev–Trinajstić information content (AvgIpc) is 2.74. The number of rotatable bonds is 6. The normalized spacial score (nSPS) is 25.6. The van der Waals surface area contributed by atoms with Crippen molar-refractivity contribution in [1.29, 1.82) is 0 Å². The molecule has 2 fully saturated rings. The molecule has 0 bridgehead atoms. The smallest absolute Gasteiger partial charge is 0.387 e. The first-order valence-corrected chi connectivity index (χ1v) is 11.2. The Balaban J connectivity index is 1.51. The van der Waals surface area contributed by atoms with Gasteiger partial charge in [-0.2, -0.15) is 8.78 Å². The number of hydrogen-bond donors (Lipinski definition) is 0. The molecular weight excluding hydrogens is 427 g/mol. The maximum absolute atomic E-state index is 14.9. The lowest BCUT2D eigenvalue weighted by molar-refractivity contribution is -0.0521. The highest BCUT2D eigenvalue weighted by molar-refractivity contribution is 5.66. The first-order chi connectivity index (χ1) is 15.4. The molecule has 32 heavy (non-hydrogen) atoms. The summed E-state index contributed by atoms with van der Waals surface area (Å²) < 4.78 is 78.4. The van der Waals surface area contributed by atoms with Gasteiger partial charge in [-0.1, -0.05) is 6.07 Å². The molecule has 2 saturated carbocycles. The van der Waals surface area contributed by atoms with Crippen molar-refractivity contribution < 1.29 is 31.4 Å². The third-order valence-electron chi connectivity index (χ3n) is 6.94. The summed E-state index contributed by atoms with van der Waals surface area (Å²) in [6.07, 6.45) is 6.26. The van der Waals surface area contributed by atoms with Crippen LogP contribution in [0.1, 0.15) is 56.9 Å². The largest absolute Gasteiger partial charge is 0.432 e. The van der Waals surface area contributed by atoms with E-state index in [-0.39, 0.29) is 17.0 Å². The number of ether oxygens (including phenoxy) is 2. The van der Waals surface area contributed by atoms with Crippen molar-refractivity contribution in [3.05, 3.63) is 53.3 Å². The molecule has 7 heteroatoms. The van der Waals surface area contributed by atoms with E-state index in [4.69, 9.17) is 4.74 Å². The molecule has 0 heterocycles. The van der Waals surface area contributed by atoms with Gasteiger partial charge in [-0.05, 0) is 98.6 Å². The average molecular weight is 454 g/mol. The minimum absolute atomic E-state index is 0.0661. The highest BCUT2D eigenvalue weighted by Gasteiger charge is 2.36. The molecule has 4 unspecified atom stereocenters. The summed E-state index contributed by atoms with van der Waals surface area (Å²) in [5.74, 6) is -2.14. The molecule has 2 aromatic rings. The van der Waals surface area contributed by atoms with Crippen LogP contribution in [-0.2, 0) is 4.74 Å². The summed E-state index contributed by atoms with van der Waals surface area (Å²) in [6.45, 7) is -0.454. The lowest BCUT2D eigenvalue weighted by Crippen LogP contribution is -2.33. The Morgan fingerprint density at radius 2 is 1.56 bits per heavy atom. The van der Waals surface area contributed by atoms with Crippen LogP contribution in [0.4, 0.5) is 22.0 Å². The van der Waals surface area contributed by atoms with Crippen molar-refractivity contribution in [3.63, 3.8) is 0 Å². The molecule has 2 aliphatic rings. The Hall–Kier alpha value is -2.15. The number of benzene rings is 2. The SMILES string of the molecule is CCOC1CCC2CC(c3cc(F)c(-c4ccc(OC(F)F)c(F)c4)c(F)c3)CCC2C1. The summed E-state index contributed by atoms with van der Waals surface area (Å²) in [4.78, 5) is 0. The molecule has 2 aliphatic carbocycles. The van der Waals surface area contributed by atoms with E-state index in [1.54, 1.807) is 0 Å².